The van der Waals surface area contributed by atoms with Crippen molar-refractivity contribution in [1.82, 2.24) is 9.88 Å². The molecule has 1 aromatic heterocycles. The molecule has 1 fully saturated rings. The fraction of sp³-hybridized carbons (Fsp3) is 0.105. The molecule has 29 heavy (non-hydrogen) atoms. The van der Waals surface area contributed by atoms with E-state index in [9.17, 15) is 18.0 Å². The van der Waals surface area contributed by atoms with Gasteiger partial charge in [-0.1, -0.05) is 42.2 Å². The summed E-state index contributed by atoms with van der Waals surface area (Å²) in [6.45, 7) is 0.217. The summed E-state index contributed by atoms with van der Waals surface area (Å²) in [6, 6.07) is 11.5. The van der Waals surface area contributed by atoms with E-state index >= 15 is 0 Å². The van der Waals surface area contributed by atoms with E-state index in [0.29, 0.717) is 20.3 Å². The van der Waals surface area contributed by atoms with Crippen LogP contribution in [-0.2, 0) is 21.2 Å². The van der Waals surface area contributed by atoms with Crippen LogP contribution in [0.1, 0.15) is 11.1 Å². The van der Waals surface area contributed by atoms with E-state index in [1.807, 2.05) is 0 Å². The SMILES string of the molecule is CS(=O)(=O)c1ccc(Cn2c(=O)oc3ccc(/C=C4/SC(=S)NC4=O)cc32)cc1. The number of aromatic nitrogens is 1. The number of rotatable bonds is 4. The average Bonchev–Trinajstić information content (AvgIpc) is 3.13. The highest BCUT2D eigenvalue weighted by Gasteiger charge is 2.22. The lowest BCUT2D eigenvalue weighted by Gasteiger charge is -2.05. The third-order valence-corrected chi connectivity index (χ3v) is 6.61. The smallest absolute Gasteiger partial charge is 0.408 e. The van der Waals surface area contributed by atoms with Crippen LogP contribution >= 0.6 is 24.0 Å². The second kappa shape index (κ2) is 7.29. The molecule has 0 bridgehead atoms. The topological polar surface area (TPSA) is 98.4 Å². The maximum Gasteiger partial charge on any atom is 0.420 e. The van der Waals surface area contributed by atoms with Gasteiger partial charge in [0.05, 0.1) is 21.9 Å². The highest BCUT2D eigenvalue weighted by atomic mass is 32.2. The predicted molar refractivity (Wildman–Crippen MR) is 115 cm³/mol. The first-order chi connectivity index (χ1) is 13.7. The third kappa shape index (κ3) is 4.04. The number of hydrogen-bond donors (Lipinski definition) is 1. The summed E-state index contributed by atoms with van der Waals surface area (Å²) in [5.74, 6) is -0.776. The molecular formula is C19H14N2O5S3. The largest absolute Gasteiger partial charge is 0.420 e. The first-order valence-corrected chi connectivity index (χ1v) is 11.5. The van der Waals surface area contributed by atoms with Gasteiger partial charge in [-0.2, -0.15) is 0 Å². The van der Waals surface area contributed by atoms with Gasteiger partial charge in [-0.25, -0.2) is 13.2 Å². The van der Waals surface area contributed by atoms with Gasteiger partial charge in [0, 0.05) is 6.26 Å². The lowest BCUT2D eigenvalue weighted by atomic mass is 10.1. The van der Waals surface area contributed by atoms with E-state index in [0.717, 1.165) is 17.4 Å². The molecule has 2 heterocycles. The highest BCUT2D eigenvalue weighted by Crippen LogP contribution is 2.27. The standard InChI is InChI=1S/C19H14N2O5S3/c1-29(24,25)13-5-2-11(3-6-13)10-21-14-8-12(4-7-15(14)26-19(21)23)9-16-17(22)20-18(27)28-16/h2-9H,10H2,1H3,(H,20,22,27)/b16-9+. The van der Waals surface area contributed by atoms with E-state index in [4.69, 9.17) is 16.6 Å². The van der Waals surface area contributed by atoms with Crippen molar-refractivity contribution in [2.45, 2.75) is 11.4 Å². The van der Waals surface area contributed by atoms with Crippen LogP contribution in [0.25, 0.3) is 17.2 Å². The lowest BCUT2D eigenvalue weighted by molar-refractivity contribution is -0.115. The summed E-state index contributed by atoms with van der Waals surface area (Å²) in [7, 11) is -3.29. The molecule has 10 heteroatoms. The zero-order valence-electron chi connectivity index (χ0n) is 15.0. The van der Waals surface area contributed by atoms with Crippen molar-refractivity contribution in [3.05, 3.63) is 69.0 Å². The Morgan fingerprint density at radius 3 is 2.52 bits per heavy atom. The van der Waals surface area contributed by atoms with Gasteiger partial charge < -0.3 is 9.73 Å². The second-order valence-electron chi connectivity index (χ2n) is 6.45. The van der Waals surface area contributed by atoms with Gasteiger partial charge in [-0.05, 0) is 41.5 Å². The molecular weight excluding hydrogens is 432 g/mol. The molecule has 1 saturated heterocycles. The molecule has 2 aromatic carbocycles. The minimum absolute atomic E-state index is 0.213. The van der Waals surface area contributed by atoms with Crippen LogP contribution in [0.4, 0.5) is 0 Å². The van der Waals surface area contributed by atoms with Crippen LogP contribution in [0.5, 0.6) is 0 Å². The first-order valence-electron chi connectivity index (χ1n) is 8.38. The Morgan fingerprint density at radius 2 is 1.90 bits per heavy atom. The molecule has 0 atom stereocenters. The molecule has 3 aromatic rings. The number of carbonyl (C=O) groups is 1. The number of nitrogens with zero attached hydrogens (tertiary/aromatic N) is 1. The molecule has 7 nitrogen and oxygen atoms in total. The molecule has 4 rings (SSSR count). The van der Waals surface area contributed by atoms with Crippen LogP contribution in [0, 0.1) is 0 Å². The molecule has 148 valence electrons. The number of fused-ring (bicyclic) bond motifs is 1. The van der Waals surface area contributed by atoms with Gasteiger partial charge in [0.25, 0.3) is 5.91 Å². The van der Waals surface area contributed by atoms with E-state index in [1.165, 1.54) is 28.5 Å². The summed E-state index contributed by atoms with van der Waals surface area (Å²) < 4.78 is 30.4. The Labute approximate surface area is 175 Å². The Morgan fingerprint density at radius 1 is 1.17 bits per heavy atom. The monoisotopic (exact) mass is 446 g/mol. The van der Waals surface area contributed by atoms with Crippen molar-refractivity contribution in [3.63, 3.8) is 0 Å². The minimum atomic E-state index is -3.29. The second-order valence-corrected chi connectivity index (χ2v) is 10.2. The molecule has 0 saturated carbocycles. The van der Waals surface area contributed by atoms with E-state index in [1.54, 1.807) is 36.4 Å². The number of thiocarbonyl (C=S) groups is 1. The molecule has 0 radical (unpaired) electrons. The maximum absolute atomic E-state index is 12.3. The summed E-state index contributed by atoms with van der Waals surface area (Å²) in [4.78, 5) is 24.9. The van der Waals surface area contributed by atoms with Gasteiger partial charge in [0.2, 0.25) is 0 Å². The lowest BCUT2D eigenvalue weighted by Crippen LogP contribution is -2.17. The predicted octanol–water partition coefficient (Wildman–Crippen LogP) is 2.54. The van der Waals surface area contributed by atoms with Crippen LogP contribution < -0.4 is 11.1 Å². The highest BCUT2D eigenvalue weighted by molar-refractivity contribution is 8.26. The van der Waals surface area contributed by atoms with Crippen molar-refractivity contribution in [1.29, 1.82) is 0 Å². The van der Waals surface area contributed by atoms with Gasteiger partial charge in [-0.15, -0.1) is 0 Å². The van der Waals surface area contributed by atoms with E-state index in [2.05, 4.69) is 5.32 Å². The van der Waals surface area contributed by atoms with Gasteiger partial charge in [0.1, 0.15) is 4.32 Å². The molecule has 1 amide bonds. The number of oxazole rings is 1. The maximum atomic E-state index is 12.3. The van der Waals surface area contributed by atoms with E-state index in [-0.39, 0.29) is 17.3 Å². The van der Waals surface area contributed by atoms with Crippen LogP contribution in [-0.4, -0.2) is 29.5 Å². The number of sulfone groups is 1. The molecule has 1 N–H and O–H groups in total. The van der Waals surface area contributed by atoms with Crippen LogP contribution in [0.15, 0.2) is 61.5 Å². The van der Waals surface area contributed by atoms with Crippen LogP contribution in [0.2, 0.25) is 0 Å². The van der Waals surface area contributed by atoms with Crippen LogP contribution in [0.3, 0.4) is 0 Å². The van der Waals surface area contributed by atoms with Crippen molar-refractivity contribution in [2.24, 2.45) is 0 Å². The molecule has 0 unspecified atom stereocenters. The van der Waals surface area contributed by atoms with Gasteiger partial charge in [0.15, 0.2) is 15.4 Å². The van der Waals surface area contributed by atoms with Crippen molar-refractivity contribution < 1.29 is 17.6 Å². The number of carbonyl (C=O) groups excluding carboxylic acids is 1. The summed E-state index contributed by atoms with van der Waals surface area (Å²) >= 11 is 6.17. The number of nitrogens with one attached hydrogen (secondary N) is 1. The normalized spacial score (nSPS) is 16.0. The molecule has 1 aliphatic rings. The summed E-state index contributed by atoms with van der Waals surface area (Å²) in [5, 5.41) is 2.56. The number of amides is 1. The number of benzene rings is 2. The summed E-state index contributed by atoms with van der Waals surface area (Å²) in [5.41, 5.74) is 2.47. The zero-order chi connectivity index (χ0) is 20.8. The van der Waals surface area contributed by atoms with Crippen molar-refractivity contribution >= 4 is 61.2 Å². The van der Waals surface area contributed by atoms with Crippen molar-refractivity contribution in [3.8, 4) is 0 Å². The Bertz CT molecular complexity index is 1350. The minimum Gasteiger partial charge on any atom is -0.408 e. The van der Waals surface area contributed by atoms with Gasteiger partial charge >= 0.3 is 5.76 Å². The van der Waals surface area contributed by atoms with Crippen molar-refractivity contribution in [2.75, 3.05) is 6.26 Å². The quantitative estimate of drug-likeness (QED) is 0.486. The average molecular weight is 447 g/mol. The Kier molecular flexibility index (Phi) is 4.93. The summed E-state index contributed by atoms with van der Waals surface area (Å²) in [6.07, 6.45) is 2.84. The fourth-order valence-electron chi connectivity index (χ4n) is 2.92. The Hall–Kier alpha value is -2.69. The number of hydrogen-bond acceptors (Lipinski definition) is 7. The molecule has 0 aliphatic carbocycles. The zero-order valence-corrected chi connectivity index (χ0v) is 17.5. The molecule has 1 aliphatic heterocycles. The van der Waals surface area contributed by atoms with Gasteiger partial charge in [-0.3, -0.25) is 9.36 Å². The fourth-order valence-corrected chi connectivity index (χ4v) is 4.59. The van der Waals surface area contributed by atoms with E-state index < -0.39 is 15.6 Å². The Balaban J connectivity index is 1.70. The third-order valence-electron chi connectivity index (χ3n) is 4.32. The first kappa shape index (κ1) is 19.6. The molecule has 0 spiro atoms. The number of thioether (sulfide) groups is 1.